The fraction of sp³-hybridized carbons (Fsp3) is 0.650. The van der Waals surface area contributed by atoms with Crippen molar-refractivity contribution < 1.29 is 4.79 Å². The van der Waals surface area contributed by atoms with Gasteiger partial charge in [0.25, 0.3) is 0 Å². The van der Waals surface area contributed by atoms with E-state index in [9.17, 15) is 4.79 Å². The SMILES string of the molecule is C=CC1CCC2C3CCC4=CC(=O)CCC4=C3CCC12C. The Morgan fingerprint density at radius 2 is 2.05 bits per heavy atom. The zero-order chi connectivity index (χ0) is 14.6. The highest BCUT2D eigenvalue weighted by atomic mass is 16.1. The van der Waals surface area contributed by atoms with Crippen LogP contribution in [0.1, 0.15) is 58.3 Å². The molecule has 2 saturated carbocycles. The van der Waals surface area contributed by atoms with E-state index in [1.807, 2.05) is 6.08 Å². The van der Waals surface area contributed by atoms with Crippen molar-refractivity contribution in [3.8, 4) is 0 Å². The second-order valence-electron chi connectivity index (χ2n) is 7.82. The van der Waals surface area contributed by atoms with Gasteiger partial charge in [0.1, 0.15) is 0 Å². The highest BCUT2D eigenvalue weighted by Gasteiger charge is 2.52. The molecule has 0 bridgehead atoms. The van der Waals surface area contributed by atoms with E-state index < -0.39 is 0 Å². The third kappa shape index (κ3) is 1.86. The van der Waals surface area contributed by atoms with E-state index in [1.165, 1.54) is 37.7 Å². The van der Waals surface area contributed by atoms with Gasteiger partial charge in [0.05, 0.1) is 0 Å². The molecular weight excluding hydrogens is 256 g/mol. The third-order valence-corrected chi connectivity index (χ3v) is 7.09. The number of carbonyl (C=O) groups excluding carboxylic acids is 1. The van der Waals surface area contributed by atoms with Crippen LogP contribution in [0.3, 0.4) is 0 Å². The van der Waals surface area contributed by atoms with E-state index in [4.69, 9.17) is 0 Å². The predicted molar refractivity (Wildman–Crippen MR) is 85.8 cm³/mol. The van der Waals surface area contributed by atoms with Crippen molar-refractivity contribution in [3.05, 3.63) is 35.5 Å². The van der Waals surface area contributed by atoms with Gasteiger partial charge in [-0.25, -0.2) is 0 Å². The summed E-state index contributed by atoms with van der Waals surface area (Å²) in [5, 5.41) is 0. The molecule has 0 aromatic heterocycles. The van der Waals surface area contributed by atoms with Crippen molar-refractivity contribution in [2.75, 3.05) is 0 Å². The van der Waals surface area contributed by atoms with Gasteiger partial charge in [-0.1, -0.05) is 18.6 Å². The first-order chi connectivity index (χ1) is 10.1. The van der Waals surface area contributed by atoms with Crippen LogP contribution >= 0.6 is 0 Å². The first kappa shape index (κ1) is 13.5. The van der Waals surface area contributed by atoms with Gasteiger partial charge >= 0.3 is 0 Å². The van der Waals surface area contributed by atoms with Crippen molar-refractivity contribution in [3.63, 3.8) is 0 Å². The lowest BCUT2D eigenvalue weighted by molar-refractivity contribution is -0.114. The molecule has 4 aliphatic carbocycles. The van der Waals surface area contributed by atoms with Gasteiger partial charge < -0.3 is 0 Å². The topological polar surface area (TPSA) is 17.1 Å². The quantitative estimate of drug-likeness (QED) is 0.619. The molecule has 4 aliphatic rings. The fourth-order valence-electron chi connectivity index (χ4n) is 5.96. The molecule has 21 heavy (non-hydrogen) atoms. The second-order valence-corrected chi connectivity index (χ2v) is 7.82. The molecule has 0 radical (unpaired) electrons. The minimum Gasteiger partial charge on any atom is -0.295 e. The summed E-state index contributed by atoms with van der Waals surface area (Å²) in [4.78, 5) is 11.7. The van der Waals surface area contributed by atoms with Crippen LogP contribution < -0.4 is 0 Å². The van der Waals surface area contributed by atoms with Gasteiger partial charge in [-0.15, -0.1) is 6.58 Å². The molecule has 1 nitrogen and oxygen atoms in total. The summed E-state index contributed by atoms with van der Waals surface area (Å²) >= 11 is 0. The molecule has 0 saturated heterocycles. The lowest BCUT2D eigenvalue weighted by atomic mass is 9.56. The molecule has 0 aromatic carbocycles. The van der Waals surface area contributed by atoms with Gasteiger partial charge in [0.15, 0.2) is 5.78 Å². The third-order valence-electron chi connectivity index (χ3n) is 7.09. The Morgan fingerprint density at radius 3 is 2.86 bits per heavy atom. The zero-order valence-electron chi connectivity index (χ0n) is 13.2. The maximum atomic E-state index is 11.7. The number of fused-ring (bicyclic) bond motifs is 4. The van der Waals surface area contributed by atoms with Crippen LogP contribution in [-0.4, -0.2) is 5.78 Å². The molecule has 2 fully saturated rings. The van der Waals surface area contributed by atoms with E-state index in [0.29, 0.717) is 11.2 Å². The molecule has 4 unspecified atom stereocenters. The van der Waals surface area contributed by atoms with Gasteiger partial charge in [0, 0.05) is 6.42 Å². The largest absolute Gasteiger partial charge is 0.295 e. The van der Waals surface area contributed by atoms with Gasteiger partial charge in [-0.05, 0) is 85.3 Å². The first-order valence-electron chi connectivity index (χ1n) is 8.71. The van der Waals surface area contributed by atoms with Gasteiger partial charge in [-0.2, -0.15) is 0 Å². The Labute approximate surface area is 128 Å². The number of ketones is 1. The van der Waals surface area contributed by atoms with E-state index in [-0.39, 0.29) is 0 Å². The normalized spacial score (nSPS) is 42.0. The number of hydrogen-bond donors (Lipinski definition) is 0. The monoisotopic (exact) mass is 282 g/mol. The standard InChI is InChI=1S/C20H26O/c1-3-14-5-9-19-18-7-4-13-12-15(21)6-8-16(13)17(18)10-11-20(14,19)2/h3,12,14,18-19H,1,4-11H2,2H3. The number of rotatable bonds is 1. The highest BCUT2D eigenvalue weighted by molar-refractivity contribution is 5.93. The summed E-state index contributed by atoms with van der Waals surface area (Å²) in [6.45, 7) is 6.62. The Kier molecular flexibility index (Phi) is 3.03. The van der Waals surface area contributed by atoms with Crippen LogP contribution in [0.4, 0.5) is 0 Å². The first-order valence-corrected chi connectivity index (χ1v) is 8.71. The molecule has 0 N–H and O–H groups in total. The number of carbonyl (C=O) groups is 1. The summed E-state index contributed by atoms with van der Waals surface area (Å²) in [7, 11) is 0. The van der Waals surface area contributed by atoms with Crippen molar-refractivity contribution >= 4 is 5.78 Å². The van der Waals surface area contributed by atoms with E-state index in [1.54, 1.807) is 11.1 Å². The maximum Gasteiger partial charge on any atom is 0.156 e. The molecule has 4 rings (SSSR count). The maximum absolute atomic E-state index is 11.7. The molecule has 0 heterocycles. The van der Waals surface area contributed by atoms with Gasteiger partial charge in [-0.3, -0.25) is 4.79 Å². The van der Waals surface area contributed by atoms with Crippen LogP contribution in [0.25, 0.3) is 0 Å². The average molecular weight is 282 g/mol. The summed E-state index contributed by atoms with van der Waals surface area (Å²) in [6, 6.07) is 0. The molecule has 0 amide bonds. The van der Waals surface area contributed by atoms with Crippen LogP contribution in [0.5, 0.6) is 0 Å². The molecule has 0 spiro atoms. The Hall–Kier alpha value is -1.11. The Balaban J connectivity index is 1.73. The van der Waals surface area contributed by atoms with E-state index in [0.717, 1.165) is 37.0 Å². The summed E-state index contributed by atoms with van der Waals surface area (Å²) in [5.74, 6) is 2.73. The summed E-state index contributed by atoms with van der Waals surface area (Å²) in [6.07, 6.45) is 13.7. The molecule has 1 heteroatoms. The number of hydrogen-bond acceptors (Lipinski definition) is 1. The number of allylic oxidation sites excluding steroid dienone is 5. The fourth-order valence-corrected chi connectivity index (χ4v) is 5.96. The Morgan fingerprint density at radius 1 is 1.19 bits per heavy atom. The minimum atomic E-state index is 0.348. The Bertz CT molecular complexity index is 564. The lowest BCUT2D eigenvalue weighted by Crippen LogP contribution is -2.39. The average Bonchev–Trinajstić information content (AvgIpc) is 2.83. The molecule has 0 aliphatic heterocycles. The molecule has 112 valence electrons. The zero-order valence-corrected chi connectivity index (χ0v) is 13.2. The molecule has 0 aromatic rings. The smallest absolute Gasteiger partial charge is 0.156 e. The van der Waals surface area contributed by atoms with E-state index >= 15 is 0 Å². The molecule has 4 atom stereocenters. The predicted octanol–water partition coefficient (Wildman–Crippen LogP) is 4.99. The van der Waals surface area contributed by atoms with Crippen molar-refractivity contribution in [1.29, 1.82) is 0 Å². The van der Waals surface area contributed by atoms with Crippen LogP contribution in [0, 0.1) is 23.2 Å². The second kappa shape index (κ2) is 4.69. The molecular formula is C20H26O. The van der Waals surface area contributed by atoms with E-state index in [2.05, 4.69) is 19.6 Å². The summed E-state index contributed by atoms with van der Waals surface area (Å²) in [5.41, 5.74) is 5.21. The minimum absolute atomic E-state index is 0.348. The van der Waals surface area contributed by atoms with Crippen molar-refractivity contribution in [2.45, 2.75) is 58.3 Å². The van der Waals surface area contributed by atoms with Gasteiger partial charge in [0.2, 0.25) is 0 Å². The highest BCUT2D eigenvalue weighted by Crippen LogP contribution is 2.62. The van der Waals surface area contributed by atoms with Crippen LogP contribution in [0.15, 0.2) is 35.5 Å². The van der Waals surface area contributed by atoms with Crippen LogP contribution in [0.2, 0.25) is 0 Å². The van der Waals surface area contributed by atoms with Crippen molar-refractivity contribution in [2.24, 2.45) is 23.2 Å². The van der Waals surface area contributed by atoms with Crippen molar-refractivity contribution in [1.82, 2.24) is 0 Å². The summed E-state index contributed by atoms with van der Waals surface area (Å²) < 4.78 is 0. The van der Waals surface area contributed by atoms with Crippen LogP contribution in [-0.2, 0) is 4.79 Å². The lowest BCUT2D eigenvalue weighted by Gasteiger charge is -2.49.